The number of aryl methyl sites for hydroxylation is 1. The highest BCUT2D eigenvalue weighted by Crippen LogP contribution is 2.17. The molecule has 0 aliphatic heterocycles. The van der Waals surface area contributed by atoms with Gasteiger partial charge in [0, 0.05) is 17.1 Å². The zero-order valence-corrected chi connectivity index (χ0v) is 14.3. The van der Waals surface area contributed by atoms with Crippen molar-refractivity contribution < 1.29 is 13.9 Å². The highest BCUT2D eigenvalue weighted by atomic mass is 19.1. The molecule has 0 atom stereocenters. The smallest absolute Gasteiger partial charge is 0.274 e. The van der Waals surface area contributed by atoms with E-state index in [1.165, 1.54) is 12.1 Å². The molecule has 2 N–H and O–H groups in total. The van der Waals surface area contributed by atoms with Crippen LogP contribution in [-0.2, 0) is 0 Å². The van der Waals surface area contributed by atoms with E-state index in [1.807, 2.05) is 0 Å². The fourth-order valence-electron chi connectivity index (χ4n) is 2.27. The Hall–Kier alpha value is -3.48. The largest absolute Gasteiger partial charge is 0.497 e. The number of halogens is 1. The van der Waals surface area contributed by atoms with Crippen LogP contribution in [0, 0.1) is 12.7 Å². The van der Waals surface area contributed by atoms with Crippen LogP contribution in [0.15, 0.2) is 54.6 Å². The molecule has 132 valence electrons. The Kier molecular flexibility index (Phi) is 5.07. The van der Waals surface area contributed by atoms with Crippen molar-refractivity contribution in [2.24, 2.45) is 0 Å². The Morgan fingerprint density at radius 2 is 1.65 bits per heavy atom. The van der Waals surface area contributed by atoms with Gasteiger partial charge in [0.25, 0.3) is 5.91 Å². The van der Waals surface area contributed by atoms with Crippen molar-refractivity contribution in [2.45, 2.75) is 6.92 Å². The third kappa shape index (κ3) is 4.32. The standard InChI is InChI=1S/C19H17FN4O2/c1-12-11-17(18(25)22-14-7-9-16(26-2)10-8-14)24-19(21-12)23-15-5-3-13(20)4-6-15/h3-11H,1-2H3,(H,22,25)(H,21,23,24). The summed E-state index contributed by atoms with van der Waals surface area (Å²) >= 11 is 0. The van der Waals surface area contributed by atoms with Crippen molar-refractivity contribution in [1.29, 1.82) is 0 Å². The molecule has 0 aliphatic carbocycles. The number of carbonyl (C=O) groups excluding carboxylic acids is 1. The Morgan fingerprint density at radius 3 is 2.31 bits per heavy atom. The first-order chi connectivity index (χ1) is 12.5. The van der Waals surface area contributed by atoms with Crippen molar-refractivity contribution in [3.8, 4) is 5.75 Å². The number of carbonyl (C=O) groups is 1. The normalized spacial score (nSPS) is 10.3. The van der Waals surface area contributed by atoms with E-state index >= 15 is 0 Å². The third-order valence-corrected chi connectivity index (χ3v) is 3.54. The molecule has 1 aromatic heterocycles. The number of aromatic nitrogens is 2. The number of hydrogen-bond acceptors (Lipinski definition) is 5. The number of rotatable bonds is 5. The number of methoxy groups -OCH3 is 1. The van der Waals surface area contributed by atoms with Crippen LogP contribution in [0.3, 0.4) is 0 Å². The number of benzene rings is 2. The zero-order chi connectivity index (χ0) is 18.5. The molecule has 0 saturated heterocycles. The molecule has 2 aromatic carbocycles. The predicted octanol–water partition coefficient (Wildman–Crippen LogP) is 3.93. The van der Waals surface area contributed by atoms with Crippen LogP contribution < -0.4 is 15.4 Å². The van der Waals surface area contributed by atoms with Crippen LogP contribution >= 0.6 is 0 Å². The van der Waals surface area contributed by atoms with E-state index in [4.69, 9.17) is 4.74 Å². The molecular weight excluding hydrogens is 335 g/mol. The molecule has 0 aliphatic rings. The van der Waals surface area contributed by atoms with E-state index in [0.29, 0.717) is 22.8 Å². The van der Waals surface area contributed by atoms with Gasteiger partial charge in [0.2, 0.25) is 5.95 Å². The minimum absolute atomic E-state index is 0.220. The lowest BCUT2D eigenvalue weighted by Gasteiger charge is -2.09. The molecule has 6 nitrogen and oxygen atoms in total. The van der Waals surface area contributed by atoms with Gasteiger partial charge >= 0.3 is 0 Å². The summed E-state index contributed by atoms with van der Waals surface area (Å²) < 4.78 is 18.1. The Morgan fingerprint density at radius 1 is 1.00 bits per heavy atom. The Bertz CT molecular complexity index is 912. The van der Waals surface area contributed by atoms with Crippen LogP contribution in [0.25, 0.3) is 0 Å². The van der Waals surface area contributed by atoms with Crippen LogP contribution in [0.2, 0.25) is 0 Å². The number of hydrogen-bond donors (Lipinski definition) is 2. The molecular formula is C19H17FN4O2. The van der Waals surface area contributed by atoms with Gasteiger partial charge in [0.05, 0.1) is 7.11 Å². The summed E-state index contributed by atoms with van der Waals surface area (Å²) in [7, 11) is 1.58. The lowest BCUT2D eigenvalue weighted by atomic mass is 10.2. The highest BCUT2D eigenvalue weighted by Gasteiger charge is 2.11. The fraction of sp³-hybridized carbons (Fsp3) is 0.105. The summed E-state index contributed by atoms with van der Waals surface area (Å²) in [4.78, 5) is 20.9. The molecule has 0 unspecified atom stereocenters. The van der Waals surface area contributed by atoms with Crippen molar-refractivity contribution in [3.05, 3.63) is 71.8 Å². The maximum atomic E-state index is 13.0. The molecule has 7 heteroatoms. The second-order valence-electron chi connectivity index (χ2n) is 5.53. The fourth-order valence-corrected chi connectivity index (χ4v) is 2.27. The molecule has 3 aromatic rings. The minimum atomic E-state index is -0.358. The molecule has 0 spiro atoms. The maximum Gasteiger partial charge on any atom is 0.274 e. The second kappa shape index (κ2) is 7.60. The summed E-state index contributed by atoms with van der Waals surface area (Å²) in [6.07, 6.45) is 0. The highest BCUT2D eigenvalue weighted by molar-refractivity contribution is 6.03. The third-order valence-electron chi connectivity index (χ3n) is 3.54. The number of nitrogens with one attached hydrogen (secondary N) is 2. The first-order valence-electron chi connectivity index (χ1n) is 7.87. The van der Waals surface area contributed by atoms with Gasteiger partial charge in [0.1, 0.15) is 17.3 Å². The molecule has 1 heterocycles. The first kappa shape index (κ1) is 17.3. The molecule has 3 rings (SSSR count). The molecule has 0 fully saturated rings. The monoisotopic (exact) mass is 352 g/mol. The molecule has 0 saturated carbocycles. The van der Waals surface area contributed by atoms with Crippen LogP contribution in [0.1, 0.15) is 16.2 Å². The minimum Gasteiger partial charge on any atom is -0.497 e. The number of ether oxygens (including phenoxy) is 1. The van der Waals surface area contributed by atoms with Gasteiger partial charge in [-0.15, -0.1) is 0 Å². The molecule has 1 amide bonds. The van der Waals surface area contributed by atoms with Gasteiger partial charge < -0.3 is 15.4 Å². The first-order valence-corrected chi connectivity index (χ1v) is 7.87. The van der Waals surface area contributed by atoms with E-state index in [-0.39, 0.29) is 23.4 Å². The Balaban J connectivity index is 1.77. The van der Waals surface area contributed by atoms with Gasteiger partial charge in [-0.05, 0) is 61.5 Å². The predicted molar refractivity (Wildman–Crippen MR) is 97.4 cm³/mol. The summed E-state index contributed by atoms with van der Waals surface area (Å²) in [5.41, 5.74) is 2.10. The van der Waals surface area contributed by atoms with Gasteiger partial charge in [-0.2, -0.15) is 0 Å². The van der Waals surface area contributed by atoms with Gasteiger partial charge in [-0.1, -0.05) is 0 Å². The van der Waals surface area contributed by atoms with E-state index in [2.05, 4.69) is 20.6 Å². The van der Waals surface area contributed by atoms with E-state index in [9.17, 15) is 9.18 Å². The quantitative estimate of drug-likeness (QED) is 0.728. The summed E-state index contributed by atoms with van der Waals surface area (Å²) in [5.74, 6) is 0.270. The van der Waals surface area contributed by atoms with Crippen molar-refractivity contribution >= 4 is 23.2 Å². The number of nitrogens with zero attached hydrogens (tertiary/aromatic N) is 2. The van der Waals surface area contributed by atoms with Crippen molar-refractivity contribution in [3.63, 3.8) is 0 Å². The van der Waals surface area contributed by atoms with Crippen LogP contribution in [0.5, 0.6) is 5.75 Å². The van der Waals surface area contributed by atoms with Gasteiger partial charge in [0.15, 0.2) is 0 Å². The molecule has 0 bridgehead atoms. The molecule has 0 radical (unpaired) electrons. The summed E-state index contributed by atoms with van der Waals surface area (Å²) in [6.45, 7) is 1.77. The average Bonchev–Trinajstić information content (AvgIpc) is 2.64. The van der Waals surface area contributed by atoms with Crippen LogP contribution in [0.4, 0.5) is 21.7 Å². The second-order valence-corrected chi connectivity index (χ2v) is 5.53. The number of anilines is 3. The van der Waals surface area contributed by atoms with Crippen LogP contribution in [-0.4, -0.2) is 23.0 Å². The SMILES string of the molecule is COc1ccc(NC(=O)c2cc(C)nc(Nc3ccc(F)cc3)n2)cc1. The Labute approximate surface area is 150 Å². The molecule has 26 heavy (non-hydrogen) atoms. The summed E-state index contributed by atoms with van der Waals surface area (Å²) in [6, 6.07) is 14.4. The maximum absolute atomic E-state index is 13.0. The summed E-state index contributed by atoms with van der Waals surface area (Å²) in [5, 5.41) is 5.73. The average molecular weight is 352 g/mol. The van der Waals surface area contributed by atoms with E-state index in [1.54, 1.807) is 56.5 Å². The van der Waals surface area contributed by atoms with Gasteiger partial charge in [-0.25, -0.2) is 14.4 Å². The van der Waals surface area contributed by atoms with E-state index in [0.717, 1.165) is 0 Å². The topological polar surface area (TPSA) is 76.1 Å². The number of amides is 1. The van der Waals surface area contributed by atoms with Crippen molar-refractivity contribution in [2.75, 3.05) is 17.7 Å². The van der Waals surface area contributed by atoms with E-state index < -0.39 is 0 Å². The van der Waals surface area contributed by atoms with Gasteiger partial charge in [-0.3, -0.25) is 4.79 Å². The van der Waals surface area contributed by atoms with Crippen molar-refractivity contribution in [1.82, 2.24) is 9.97 Å². The lowest BCUT2D eigenvalue weighted by Crippen LogP contribution is -2.15. The lowest BCUT2D eigenvalue weighted by molar-refractivity contribution is 0.102. The zero-order valence-electron chi connectivity index (χ0n) is 14.3.